The highest BCUT2D eigenvalue weighted by Gasteiger charge is 2.22. The van der Waals surface area contributed by atoms with Crippen LogP contribution >= 0.6 is 0 Å². The molecule has 0 saturated heterocycles. The predicted molar refractivity (Wildman–Crippen MR) is 55.7 cm³/mol. The molecule has 0 aliphatic heterocycles. The van der Waals surface area contributed by atoms with Crippen LogP contribution in [0.3, 0.4) is 0 Å². The number of carbonyl (C=O) groups is 2. The minimum atomic E-state index is -0.888. The Labute approximate surface area is 95.0 Å². The van der Waals surface area contributed by atoms with E-state index in [-0.39, 0.29) is 12.5 Å². The smallest absolute Gasteiger partial charge is 0.431 e. The van der Waals surface area contributed by atoms with Crippen LogP contribution < -0.4 is 0 Å². The average molecular weight is 230 g/mol. The summed E-state index contributed by atoms with van der Waals surface area (Å²) in [4.78, 5) is 22.1. The summed E-state index contributed by atoms with van der Waals surface area (Å²) in [7, 11) is 0. The van der Waals surface area contributed by atoms with Gasteiger partial charge in [-0.15, -0.1) is 0 Å². The van der Waals surface area contributed by atoms with E-state index < -0.39 is 18.4 Å². The molecule has 92 valence electrons. The number of hydrogen-bond acceptors (Lipinski definition) is 5. The summed E-state index contributed by atoms with van der Waals surface area (Å²) < 4.78 is 14.6. The lowest BCUT2D eigenvalue weighted by Crippen LogP contribution is -2.24. The van der Waals surface area contributed by atoms with Crippen molar-refractivity contribution >= 4 is 12.1 Å². The molecule has 16 heavy (non-hydrogen) atoms. The molecule has 1 aliphatic rings. The second kappa shape index (κ2) is 6.35. The molecule has 1 fully saturated rings. The fraction of sp³-hybridized carbons (Fsp3) is 0.818. The average Bonchev–Trinajstić information content (AvgIpc) is 2.69. The lowest BCUT2D eigenvalue weighted by atomic mass is 10.3. The monoisotopic (exact) mass is 230 g/mol. The van der Waals surface area contributed by atoms with E-state index in [2.05, 4.69) is 0 Å². The summed E-state index contributed by atoms with van der Waals surface area (Å²) >= 11 is 0. The maximum absolute atomic E-state index is 11.2. The first-order valence-corrected chi connectivity index (χ1v) is 5.68. The molecule has 0 amide bonds. The highest BCUT2D eigenvalue weighted by molar-refractivity contribution is 5.69. The number of rotatable bonds is 4. The van der Waals surface area contributed by atoms with Gasteiger partial charge in [0.1, 0.15) is 6.10 Å². The Bertz CT molecular complexity index is 245. The maximum Gasteiger partial charge on any atom is 0.511 e. The molecule has 1 unspecified atom stereocenters. The van der Waals surface area contributed by atoms with E-state index in [1.165, 1.54) is 6.92 Å². The molecule has 0 N–H and O–H groups in total. The fourth-order valence-corrected chi connectivity index (χ4v) is 1.60. The third-order valence-electron chi connectivity index (χ3n) is 2.41. The number of carbonyl (C=O) groups excluding carboxylic acids is 2. The number of esters is 1. The van der Waals surface area contributed by atoms with Crippen LogP contribution in [0.25, 0.3) is 0 Å². The van der Waals surface area contributed by atoms with E-state index in [0.29, 0.717) is 0 Å². The van der Waals surface area contributed by atoms with E-state index in [9.17, 15) is 9.59 Å². The summed E-state index contributed by atoms with van der Waals surface area (Å²) in [6.45, 7) is 3.16. The molecule has 0 heterocycles. The van der Waals surface area contributed by atoms with Gasteiger partial charge >= 0.3 is 12.1 Å². The Morgan fingerprint density at radius 1 is 1.25 bits per heavy atom. The van der Waals surface area contributed by atoms with Crippen molar-refractivity contribution in [3.05, 3.63) is 0 Å². The zero-order valence-corrected chi connectivity index (χ0v) is 9.73. The van der Waals surface area contributed by atoms with Gasteiger partial charge < -0.3 is 14.2 Å². The van der Waals surface area contributed by atoms with Crippen molar-refractivity contribution in [2.75, 3.05) is 0 Å². The first kappa shape index (κ1) is 12.8. The molecule has 0 bridgehead atoms. The van der Waals surface area contributed by atoms with E-state index in [4.69, 9.17) is 14.2 Å². The van der Waals surface area contributed by atoms with Crippen LogP contribution in [0.4, 0.5) is 4.79 Å². The molecule has 5 nitrogen and oxygen atoms in total. The molecular formula is C11H18O5. The Balaban J connectivity index is 2.19. The van der Waals surface area contributed by atoms with Crippen molar-refractivity contribution in [1.82, 2.24) is 0 Å². The van der Waals surface area contributed by atoms with Gasteiger partial charge in [-0.2, -0.15) is 0 Å². The van der Waals surface area contributed by atoms with Crippen LogP contribution in [0.15, 0.2) is 0 Å². The molecule has 0 aromatic rings. The predicted octanol–water partition coefficient (Wildman–Crippen LogP) is 2.38. The van der Waals surface area contributed by atoms with Crippen LogP contribution in [0.2, 0.25) is 0 Å². The molecule has 0 aromatic carbocycles. The van der Waals surface area contributed by atoms with Gasteiger partial charge in [0, 0.05) is 13.3 Å². The molecule has 1 rings (SSSR count). The van der Waals surface area contributed by atoms with E-state index in [0.717, 1.165) is 25.7 Å². The minimum Gasteiger partial charge on any atom is -0.431 e. The van der Waals surface area contributed by atoms with Crippen LogP contribution in [-0.4, -0.2) is 24.5 Å². The first-order chi connectivity index (χ1) is 7.61. The number of hydrogen-bond donors (Lipinski definition) is 0. The quantitative estimate of drug-likeness (QED) is 0.548. The summed E-state index contributed by atoms with van der Waals surface area (Å²) in [5.41, 5.74) is 0. The largest absolute Gasteiger partial charge is 0.511 e. The SMILES string of the molecule is CCC(=O)OC(C)OC(=O)OC1CCCC1. The van der Waals surface area contributed by atoms with E-state index >= 15 is 0 Å². The van der Waals surface area contributed by atoms with Gasteiger partial charge in [0.2, 0.25) is 6.29 Å². The van der Waals surface area contributed by atoms with Crippen LogP contribution in [0, 0.1) is 0 Å². The third kappa shape index (κ3) is 4.51. The molecule has 5 heteroatoms. The zero-order valence-electron chi connectivity index (χ0n) is 9.73. The van der Waals surface area contributed by atoms with Crippen LogP contribution in [0.5, 0.6) is 0 Å². The lowest BCUT2D eigenvalue weighted by molar-refractivity contribution is -0.168. The summed E-state index contributed by atoms with van der Waals surface area (Å²) in [5, 5.41) is 0. The minimum absolute atomic E-state index is 0.0402. The highest BCUT2D eigenvalue weighted by atomic mass is 16.8. The Kier molecular flexibility index (Phi) is 5.08. The molecular weight excluding hydrogens is 212 g/mol. The summed E-state index contributed by atoms with van der Waals surface area (Å²) in [5.74, 6) is -0.402. The topological polar surface area (TPSA) is 61.8 Å². The van der Waals surface area contributed by atoms with Crippen molar-refractivity contribution in [3.8, 4) is 0 Å². The molecule has 1 saturated carbocycles. The Morgan fingerprint density at radius 2 is 1.88 bits per heavy atom. The summed E-state index contributed by atoms with van der Waals surface area (Å²) in [6, 6.07) is 0. The molecule has 0 radical (unpaired) electrons. The van der Waals surface area contributed by atoms with Gasteiger partial charge in [0.05, 0.1) is 0 Å². The summed E-state index contributed by atoms with van der Waals surface area (Å²) in [6.07, 6.45) is 2.50. The van der Waals surface area contributed by atoms with Gasteiger partial charge in [0.15, 0.2) is 0 Å². The Morgan fingerprint density at radius 3 is 2.44 bits per heavy atom. The zero-order chi connectivity index (χ0) is 12.0. The van der Waals surface area contributed by atoms with Crippen molar-refractivity contribution < 1.29 is 23.8 Å². The molecule has 0 aromatic heterocycles. The number of ether oxygens (including phenoxy) is 3. The van der Waals surface area contributed by atoms with Crippen LogP contribution in [-0.2, 0) is 19.0 Å². The maximum atomic E-state index is 11.2. The third-order valence-corrected chi connectivity index (χ3v) is 2.41. The van der Waals surface area contributed by atoms with Crippen molar-refractivity contribution in [2.45, 2.75) is 58.3 Å². The first-order valence-electron chi connectivity index (χ1n) is 5.68. The van der Waals surface area contributed by atoms with Crippen molar-refractivity contribution in [1.29, 1.82) is 0 Å². The second-order valence-corrected chi connectivity index (χ2v) is 3.80. The van der Waals surface area contributed by atoms with Gasteiger partial charge in [-0.3, -0.25) is 4.79 Å². The van der Waals surface area contributed by atoms with Gasteiger partial charge in [-0.25, -0.2) is 4.79 Å². The normalized spacial score (nSPS) is 17.9. The standard InChI is InChI=1S/C11H18O5/c1-3-10(12)14-8(2)15-11(13)16-9-6-4-5-7-9/h8-9H,3-7H2,1-2H3. The molecule has 1 atom stereocenters. The molecule has 1 aliphatic carbocycles. The van der Waals surface area contributed by atoms with Crippen LogP contribution in [0.1, 0.15) is 46.0 Å². The fourth-order valence-electron chi connectivity index (χ4n) is 1.60. The second-order valence-electron chi connectivity index (χ2n) is 3.80. The van der Waals surface area contributed by atoms with Crippen molar-refractivity contribution in [2.24, 2.45) is 0 Å². The van der Waals surface area contributed by atoms with Gasteiger partial charge in [-0.05, 0) is 25.7 Å². The van der Waals surface area contributed by atoms with Gasteiger partial charge in [-0.1, -0.05) is 6.92 Å². The Hall–Kier alpha value is -1.26. The van der Waals surface area contributed by atoms with Crippen molar-refractivity contribution in [3.63, 3.8) is 0 Å². The van der Waals surface area contributed by atoms with E-state index in [1.807, 2.05) is 0 Å². The lowest BCUT2D eigenvalue weighted by Gasteiger charge is -2.15. The van der Waals surface area contributed by atoms with E-state index in [1.54, 1.807) is 6.92 Å². The highest BCUT2D eigenvalue weighted by Crippen LogP contribution is 2.21. The van der Waals surface area contributed by atoms with Gasteiger partial charge in [0.25, 0.3) is 0 Å². The molecule has 0 spiro atoms.